The average molecular weight is 305 g/mol. The number of hydrogen-bond donors (Lipinski definition) is 2. The fourth-order valence-electron chi connectivity index (χ4n) is 1.19. The van der Waals surface area contributed by atoms with Crippen LogP contribution in [0.25, 0.3) is 0 Å². The lowest BCUT2D eigenvalue weighted by atomic mass is 10.2. The summed E-state index contributed by atoms with van der Waals surface area (Å²) in [5.41, 5.74) is 0. The lowest BCUT2D eigenvalue weighted by molar-refractivity contribution is 0.765. The first kappa shape index (κ1) is 13.6. The van der Waals surface area contributed by atoms with Gasteiger partial charge in [-0.15, -0.1) is 0 Å². The van der Waals surface area contributed by atoms with E-state index in [1.54, 1.807) is 6.20 Å². The van der Waals surface area contributed by atoms with Crippen molar-refractivity contribution in [2.45, 2.75) is 19.4 Å². The number of rotatable bonds is 6. The van der Waals surface area contributed by atoms with Gasteiger partial charge < -0.3 is 10.6 Å². The first-order valence-electron chi connectivity index (χ1n) is 5.13. The number of nitrogens with zero attached hydrogens (tertiary/aromatic N) is 2. The Hall–Kier alpha value is -0.490. The Morgan fingerprint density at radius 3 is 2.94 bits per heavy atom. The predicted molar refractivity (Wildman–Crippen MR) is 75.4 cm³/mol. The summed E-state index contributed by atoms with van der Waals surface area (Å²) in [6, 6.07) is 0.406. The third-order valence-corrected chi connectivity index (χ3v) is 3.33. The molecular formula is C10H17BrN4S. The molecule has 1 atom stereocenters. The fraction of sp³-hybridized carbons (Fsp3) is 0.600. The summed E-state index contributed by atoms with van der Waals surface area (Å²) in [5.74, 6) is 2.62. The van der Waals surface area contributed by atoms with Crippen molar-refractivity contribution in [1.82, 2.24) is 9.97 Å². The topological polar surface area (TPSA) is 49.8 Å². The van der Waals surface area contributed by atoms with Crippen molar-refractivity contribution in [2.75, 3.05) is 29.7 Å². The van der Waals surface area contributed by atoms with Crippen molar-refractivity contribution in [3.8, 4) is 0 Å². The van der Waals surface area contributed by atoms with Gasteiger partial charge in [0.25, 0.3) is 0 Å². The molecule has 16 heavy (non-hydrogen) atoms. The van der Waals surface area contributed by atoms with E-state index < -0.39 is 0 Å². The van der Waals surface area contributed by atoms with Gasteiger partial charge >= 0.3 is 0 Å². The number of thioether (sulfide) groups is 1. The summed E-state index contributed by atoms with van der Waals surface area (Å²) in [6.45, 7) is 2.16. The molecule has 6 heteroatoms. The Labute approximate surface area is 109 Å². The minimum Gasteiger partial charge on any atom is -0.366 e. The quantitative estimate of drug-likeness (QED) is 0.846. The molecule has 0 bridgehead atoms. The predicted octanol–water partition coefficient (Wildman–Crippen LogP) is 2.83. The maximum Gasteiger partial charge on any atom is 0.224 e. The molecule has 0 aliphatic rings. The van der Waals surface area contributed by atoms with Crippen molar-refractivity contribution >= 4 is 39.5 Å². The summed E-state index contributed by atoms with van der Waals surface area (Å²) < 4.78 is 0.891. The molecule has 0 aliphatic heterocycles. The zero-order chi connectivity index (χ0) is 12.0. The lowest BCUT2D eigenvalue weighted by Crippen LogP contribution is -2.17. The molecule has 4 nitrogen and oxygen atoms in total. The maximum atomic E-state index is 4.35. The van der Waals surface area contributed by atoms with E-state index in [1.807, 2.05) is 18.8 Å². The Kier molecular flexibility index (Phi) is 5.90. The Morgan fingerprint density at radius 2 is 2.31 bits per heavy atom. The molecule has 1 rings (SSSR count). The van der Waals surface area contributed by atoms with Gasteiger partial charge in [-0.2, -0.15) is 16.7 Å². The van der Waals surface area contributed by atoms with Crippen molar-refractivity contribution in [3.05, 3.63) is 10.7 Å². The van der Waals surface area contributed by atoms with E-state index in [9.17, 15) is 0 Å². The molecule has 0 aliphatic carbocycles. The zero-order valence-corrected chi connectivity index (χ0v) is 12.2. The molecule has 0 aromatic carbocycles. The van der Waals surface area contributed by atoms with Crippen LogP contribution in [-0.4, -0.2) is 35.1 Å². The molecule has 0 fully saturated rings. The van der Waals surface area contributed by atoms with Crippen LogP contribution in [0.2, 0.25) is 0 Å². The van der Waals surface area contributed by atoms with E-state index in [-0.39, 0.29) is 0 Å². The smallest absolute Gasteiger partial charge is 0.224 e. The van der Waals surface area contributed by atoms with E-state index in [1.165, 1.54) is 0 Å². The number of aromatic nitrogens is 2. The molecule has 1 aromatic heterocycles. The highest BCUT2D eigenvalue weighted by molar-refractivity contribution is 9.10. The average Bonchev–Trinajstić information content (AvgIpc) is 2.29. The molecule has 0 radical (unpaired) electrons. The van der Waals surface area contributed by atoms with Crippen LogP contribution < -0.4 is 10.6 Å². The molecule has 2 N–H and O–H groups in total. The maximum absolute atomic E-state index is 4.35. The van der Waals surface area contributed by atoms with Gasteiger partial charge in [-0.3, -0.25) is 0 Å². The van der Waals surface area contributed by atoms with Gasteiger partial charge in [0, 0.05) is 19.3 Å². The van der Waals surface area contributed by atoms with Crippen molar-refractivity contribution in [2.24, 2.45) is 0 Å². The van der Waals surface area contributed by atoms with Crippen LogP contribution in [0, 0.1) is 0 Å². The summed E-state index contributed by atoms with van der Waals surface area (Å²) in [6.07, 6.45) is 4.99. The van der Waals surface area contributed by atoms with Crippen molar-refractivity contribution in [3.63, 3.8) is 0 Å². The van der Waals surface area contributed by atoms with Gasteiger partial charge in [0.1, 0.15) is 5.82 Å². The molecule has 0 spiro atoms. The van der Waals surface area contributed by atoms with Crippen LogP contribution in [0.5, 0.6) is 0 Å². The molecule has 1 unspecified atom stereocenters. The van der Waals surface area contributed by atoms with E-state index in [0.29, 0.717) is 12.0 Å². The first-order valence-corrected chi connectivity index (χ1v) is 7.31. The highest BCUT2D eigenvalue weighted by Crippen LogP contribution is 2.21. The van der Waals surface area contributed by atoms with Crippen LogP contribution in [0.1, 0.15) is 13.3 Å². The zero-order valence-electron chi connectivity index (χ0n) is 9.75. The van der Waals surface area contributed by atoms with Crippen LogP contribution in [0.3, 0.4) is 0 Å². The monoisotopic (exact) mass is 304 g/mol. The second-order valence-corrected chi connectivity index (χ2v) is 5.31. The highest BCUT2D eigenvalue weighted by atomic mass is 79.9. The molecule has 0 amide bonds. The van der Waals surface area contributed by atoms with Crippen molar-refractivity contribution < 1.29 is 0 Å². The van der Waals surface area contributed by atoms with E-state index >= 15 is 0 Å². The minimum atomic E-state index is 0.406. The summed E-state index contributed by atoms with van der Waals surface area (Å²) in [4.78, 5) is 8.47. The minimum absolute atomic E-state index is 0.406. The highest BCUT2D eigenvalue weighted by Gasteiger charge is 2.07. The van der Waals surface area contributed by atoms with E-state index in [4.69, 9.17) is 0 Å². The van der Waals surface area contributed by atoms with Crippen LogP contribution in [-0.2, 0) is 0 Å². The molecule has 90 valence electrons. The molecule has 0 saturated heterocycles. The second-order valence-electron chi connectivity index (χ2n) is 3.47. The molecule has 1 aromatic rings. The Bertz CT molecular complexity index is 335. The SMILES string of the molecule is CNc1ncc(Br)c(NC(C)CCSC)n1. The third-order valence-electron chi connectivity index (χ3n) is 2.11. The Balaban J connectivity index is 2.64. The standard InChI is InChI=1S/C10H17BrN4S/c1-7(4-5-16-3)14-9-8(11)6-13-10(12-2)15-9/h6-7H,4-5H2,1-3H3,(H2,12,13,14,15). The van der Waals surface area contributed by atoms with Gasteiger partial charge in [-0.1, -0.05) is 0 Å². The van der Waals surface area contributed by atoms with Gasteiger partial charge in [0.2, 0.25) is 5.95 Å². The van der Waals surface area contributed by atoms with Gasteiger partial charge in [-0.25, -0.2) is 4.98 Å². The summed E-state index contributed by atoms with van der Waals surface area (Å²) in [5, 5.41) is 6.29. The van der Waals surface area contributed by atoms with Gasteiger partial charge in [-0.05, 0) is 41.3 Å². The number of hydrogen-bond acceptors (Lipinski definition) is 5. The van der Waals surface area contributed by atoms with Crippen LogP contribution >= 0.6 is 27.7 Å². The Morgan fingerprint density at radius 1 is 1.56 bits per heavy atom. The van der Waals surface area contributed by atoms with Crippen LogP contribution in [0.4, 0.5) is 11.8 Å². The molecule has 0 saturated carbocycles. The number of nitrogens with one attached hydrogen (secondary N) is 2. The van der Waals surface area contributed by atoms with E-state index in [0.717, 1.165) is 22.5 Å². The lowest BCUT2D eigenvalue weighted by Gasteiger charge is -2.15. The largest absolute Gasteiger partial charge is 0.366 e. The molecular weight excluding hydrogens is 288 g/mol. The molecule has 1 heterocycles. The first-order chi connectivity index (χ1) is 7.67. The second kappa shape index (κ2) is 6.96. The normalized spacial score (nSPS) is 12.2. The fourth-order valence-corrected chi connectivity index (χ4v) is 2.08. The van der Waals surface area contributed by atoms with Crippen LogP contribution in [0.15, 0.2) is 10.7 Å². The number of halogens is 1. The van der Waals surface area contributed by atoms with Gasteiger partial charge in [0.15, 0.2) is 0 Å². The summed E-state index contributed by atoms with van der Waals surface area (Å²) in [7, 11) is 1.81. The van der Waals surface area contributed by atoms with Crippen molar-refractivity contribution in [1.29, 1.82) is 0 Å². The summed E-state index contributed by atoms with van der Waals surface area (Å²) >= 11 is 5.29. The van der Waals surface area contributed by atoms with E-state index in [2.05, 4.69) is 49.7 Å². The van der Waals surface area contributed by atoms with Gasteiger partial charge in [0.05, 0.1) is 4.47 Å². The third kappa shape index (κ3) is 4.17. The number of anilines is 2.